The molecule has 0 aliphatic rings. The molecule has 0 fully saturated rings. The first-order chi connectivity index (χ1) is 12.7. The monoisotopic (exact) mass is 438 g/mol. The van der Waals surface area contributed by atoms with Crippen LogP contribution in [0.4, 0.5) is 0 Å². The normalized spacial score (nSPS) is 12.9. The Balaban J connectivity index is 6.15. The zero-order valence-electron chi connectivity index (χ0n) is 17.8. The molecular weight excluding hydrogens is 401 g/mol. The summed E-state index contributed by atoms with van der Waals surface area (Å²) in [4.78, 5) is 0. The van der Waals surface area contributed by atoms with Gasteiger partial charge in [0.1, 0.15) is 0 Å². The van der Waals surface area contributed by atoms with Gasteiger partial charge in [-0.25, -0.2) is 0 Å². The minimum absolute atomic E-state index is 0.916. The molecule has 0 bridgehead atoms. The van der Waals surface area contributed by atoms with Crippen molar-refractivity contribution >= 4 is 33.8 Å². The van der Waals surface area contributed by atoms with Gasteiger partial charge in [-0.1, -0.05) is 39.1 Å². The van der Waals surface area contributed by atoms with Crippen LogP contribution in [0.2, 0.25) is 24.2 Å². The van der Waals surface area contributed by atoms with E-state index >= 15 is 0 Å². The lowest BCUT2D eigenvalue weighted by Gasteiger charge is -2.42. The Morgan fingerprint density at radius 3 is 0.889 bits per heavy atom. The molecule has 0 aromatic carbocycles. The fraction of sp³-hybridized carbons (Fsp3) is 0.400. The fourth-order valence-corrected chi connectivity index (χ4v) is 19.2. The zero-order valence-corrected chi connectivity index (χ0v) is 21.8. The van der Waals surface area contributed by atoms with Crippen molar-refractivity contribution in [1.29, 1.82) is 0 Å². The van der Waals surface area contributed by atoms with Gasteiger partial charge in [0.05, 0.1) is 0 Å². The van der Waals surface area contributed by atoms with Gasteiger partial charge in [0.25, 0.3) is 0 Å². The van der Waals surface area contributed by atoms with Gasteiger partial charge in [-0.2, -0.15) is 0 Å². The molecule has 0 unspecified atom stereocenters. The molecule has 0 rings (SSSR count). The van der Waals surface area contributed by atoms with Crippen LogP contribution in [0.3, 0.4) is 0 Å². The summed E-state index contributed by atoms with van der Waals surface area (Å²) in [6.45, 7) is 32.7. The van der Waals surface area contributed by atoms with E-state index in [0.29, 0.717) is 0 Å². The van der Waals surface area contributed by atoms with E-state index in [2.05, 4.69) is 67.2 Å². The highest BCUT2D eigenvalue weighted by atomic mass is 28.5. The van der Waals surface area contributed by atoms with Crippen LogP contribution in [0.5, 0.6) is 0 Å². The Morgan fingerprint density at radius 1 is 0.481 bits per heavy atom. The lowest BCUT2D eigenvalue weighted by Crippen LogP contribution is -2.60. The van der Waals surface area contributed by atoms with E-state index in [1.807, 2.05) is 11.4 Å². The first-order valence-electron chi connectivity index (χ1n) is 9.65. The van der Waals surface area contributed by atoms with Crippen molar-refractivity contribution in [3.63, 3.8) is 0 Å². The minimum atomic E-state index is -2.96. The maximum Gasteiger partial charge on any atom is 0.372 e. The summed E-state index contributed by atoms with van der Waals surface area (Å²) in [5.74, 6) is 0. The second-order valence-corrected chi connectivity index (χ2v) is 21.4. The van der Waals surface area contributed by atoms with Gasteiger partial charge in [0, 0.05) is 0 Å². The Kier molecular flexibility index (Phi) is 10.9. The van der Waals surface area contributed by atoms with Crippen LogP contribution in [0.15, 0.2) is 73.7 Å². The van der Waals surface area contributed by atoms with Crippen molar-refractivity contribution < 1.29 is 12.3 Å². The van der Waals surface area contributed by atoms with Crippen LogP contribution < -0.4 is 0 Å². The SMILES string of the molecule is C=C[Si](CC)(CC)O[Si](C=C)(C=C)O[Si](C=C)(C=C)O[Si](C=C)(CC)CC. The Hall–Kier alpha value is -0.812. The molecule has 152 valence electrons. The van der Waals surface area contributed by atoms with Crippen LogP contribution in [0.1, 0.15) is 27.7 Å². The first kappa shape index (κ1) is 26.2. The van der Waals surface area contributed by atoms with Gasteiger partial charge in [0.15, 0.2) is 0 Å². The van der Waals surface area contributed by atoms with E-state index < -0.39 is 33.8 Å². The van der Waals surface area contributed by atoms with E-state index in [-0.39, 0.29) is 0 Å². The van der Waals surface area contributed by atoms with Crippen LogP contribution >= 0.6 is 0 Å². The van der Waals surface area contributed by atoms with Crippen LogP contribution in [0.25, 0.3) is 0 Å². The van der Waals surface area contributed by atoms with Gasteiger partial charge >= 0.3 is 17.1 Å². The molecular formula is C20H38O3Si4. The molecule has 0 aromatic heterocycles. The molecule has 0 spiro atoms. The average Bonchev–Trinajstić information content (AvgIpc) is 2.74. The second-order valence-electron chi connectivity index (χ2n) is 6.52. The van der Waals surface area contributed by atoms with E-state index in [9.17, 15) is 0 Å². The number of hydrogen-bond donors (Lipinski definition) is 0. The lowest BCUT2D eigenvalue weighted by atomic mass is 10.9. The van der Waals surface area contributed by atoms with Crippen molar-refractivity contribution in [1.82, 2.24) is 0 Å². The molecule has 7 heteroatoms. The highest BCUT2D eigenvalue weighted by Gasteiger charge is 2.49. The van der Waals surface area contributed by atoms with E-state index in [1.165, 1.54) is 0 Å². The maximum atomic E-state index is 6.70. The van der Waals surface area contributed by atoms with Gasteiger partial charge in [0.2, 0.25) is 16.6 Å². The second kappa shape index (κ2) is 11.3. The van der Waals surface area contributed by atoms with Crippen molar-refractivity contribution in [2.24, 2.45) is 0 Å². The van der Waals surface area contributed by atoms with Gasteiger partial charge in [-0.15, -0.1) is 39.5 Å². The van der Waals surface area contributed by atoms with Gasteiger partial charge in [-0.05, 0) is 47.0 Å². The minimum Gasteiger partial charge on any atom is -0.427 e. The van der Waals surface area contributed by atoms with Crippen LogP contribution in [0, 0.1) is 0 Å². The fourth-order valence-electron chi connectivity index (χ4n) is 2.88. The van der Waals surface area contributed by atoms with Crippen molar-refractivity contribution in [2.75, 3.05) is 0 Å². The topological polar surface area (TPSA) is 27.7 Å². The highest BCUT2D eigenvalue weighted by Crippen LogP contribution is 2.31. The number of rotatable bonds is 16. The Bertz CT molecular complexity index is 487. The molecule has 0 heterocycles. The molecule has 0 saturated heterocycles. The standard InChI is InChI=1S/C20H38O3Si4/c1-11-24(12-2,13-3)21-26(17-7,18-8)23-27(19-9,20-10)22-25(14-4,15-5)16-6/h11,14,17-20H,1,4,7-10,12-13,15-16H2,2-3,5-6H3. The van der Waals surface area contributed by atoms with E-state index in [1.54, 1.807) is 22.8 Å². The summed E-state index contributed by atoms with van der Waals surface area (Å²) in [7, 11) is -10.2. The summed E-state index contributed by atoms with van der Waals surface area (Å²) < 4.78 is 20.1. The summed E-state index contributed by atoms with van der Waals surface area (Å²) in [6.07, 6.45) is 0. The summed E-state index contributed by atoms with van der Waals surface area (Å²) in [5.41, 5.74) is 11.1. The van der Waals surface area contributed by atoms with Crippen molar-refractivity contribution in [2.45, 2.75) is 51.9 Å². The molecule has 0 radical (unpaired) electrons. The smallest absolute Gasteiger partial charge is 0.372 e. The average molecular weight is 439 g/mol. The Labute approximate surface area is 171 Å². The third-order valence-electron chi connectivity index (χ3n) is 5.32. The summed E-state index contributed by atoms with van der Waals surface area (Å²) in [5, 5.41) is 0. The van der Waals surface area contributed by atoms with Crippen molar-refractivity contribution in [3.8, 4) is 0 Å². The molecule has 27 heavy (non-hydrogen) atoms. The maximum absolute atomic E-state index is 6.70. The number of hydrogen-bond acceptors (Lipinski definition) is 3. The quantitative estimate of drug-likeness (QED) is 0.267. The molecule has 0 aliphatic carbocycles. The van der Waals surface area contributed by atoms with Crippen molar-refractivity contribution in [3.05, 3.63) is 73.7 Å². The molecule has 0 aliphatic heterocycles. The highest BCUT2D eigenvalue weighted by molar-refractivity contribution is 6.99. The first-order valence-corrected chi connectivity index (χ1v) is 18.4. The van der Waals surface area contributed by atoms with Gasteiger partial charge in [-0.3, -0.25) is 0 Å². The third kappa shape index (κ3) is 6.08. The zero-order chi connectivity index (χ0) is 21.2. The predicted octanol–water partition coefficient (Wildman–Crippen LogP) is 6.24. The van der Waals surface area contributed by atoms with Crippen LogP contribution in [-0.2, 0) is 12.3 Å². The summed E-state index contributed by atoms with van der Waals surface area (Å²) in [6, 6.07) is 3.67. The summed E-state index contributed by atoms with van der Waals surface area (Å²) >= 11 is 0. The molecule has 0 atom stereocenters. The molecule has 0 aromatic rings. The van der Waals surface area contributed by atoms with E-state index in [0.717, 1.165) is 24.2 Å². The molecule has 0 amide bonds. The third-order valence-corrected chi connectivity index (χ3v) is 22.2. The predicted molar refractivity (Wildman–Crippen MR) is 129 cm³/mol. The molecule has 3 nitrogen and oxygen atoms in total. The van der Waals surface area contributed by atoms with E-state index in [4.69, 9.17) is 12.3 Å². The Morgan fingerprint density at radius 2 is 0.741 bits per heavy atom. The lowest BCUT2D eigenvalue weighted by molar-refractivity contribution is 0.348. The molecule has 0 saturated carbocycles. The van der Waals surface area contributed by atoms with Crippen LogP contribution in [-0.4, -0.2) is 33.8 Å². The van der Waals surface area contributed by atoms with Gasteiger partial charge < -0.3 is 12.3 Å². The largest absolute Gasteiger partial charge is 0.427 e. The molecule has 0 N–H and O–H groups in total.